The van der Waals surface area contributed by atoms with Crippen molar-refractivity contribution in [3.05, 3.63) is 17.1 Å². The maximum Gasteiger partial charge on any atom is 0.270 e. The standard InChI is InChI=1S/C18H25N5O/c1-9(2)16-21-15-10(5-6-20-18(15)24)17(22-16)23-13-3-4-14(23)12-8-19-7-11(12)13/h9,11-14,19H,3-8H2,1-2H3,(H,20,24)/t11-,12+,13-,14+. The minimum absolute atomic E-state index is 0.0322. The zero-order valence-electron chi connectivity index (χ0n) is 14.4. The van der Waals surface area contributed by atoms with Crippen molar-refractivity contribution in [1.82, 2.24) is 20.6 Å². The molecule has 2 N–H and O–H groups in total. The second-order valence-corrected chi connectivity index (χ2v) is 8.00. The summed E-state index contributed by atoms with van der Waals surface area (Å²) in [4.78, 5) is 24.5. The zero-order valence-corrected chi connectivity index (χ0v) is 14.4. The van der Waals surface area contributed by atoms with Crippen LogP contribution in [0.25, 0.3) is 0 Å². The minimum atomic E-state index is -0.0322. The van der Waals surface area contributed by atoms with Crippen LogP contribution in [0, 0.1) is 11.8 Å². The molecule has 4 aliphatic heterocycles. The van der Waals surface area contributed by atoms with E-state index in [-0.39, 0.29) is 11.8 Å². The SMILES string of the molecule is CC(C)c1nc2c(c(N3[C@@H]4CC[C@H]3[C@H]3CNC[C@H]34)n1)CCNC2=O. The van der Waals surface area contributed by atoms with Crippen molar-refractivity contribution in [3.63, 3.8) is 0 Å². The van der Waals surface area contributed by atoms with Crippen LogP contribution in [-0.2, 0) is 6.42 Å². The van der Waals surface area contributed by atoms with Gasteiger partial charge in [-0.1, -0.05) is 13.8 Å². The lowest BCUT2D eigenvalue weighted by atomic mass is 9.82. The quantitative estimate of drug-likeness (QED) is 0.850. The first-order valence-electron chi connectivity index (χ1n) is 9.33. The molecule has 0 aliphatic carbocycles. The van der Waals surface area contributed by atoms with Gasteiger partial charge in [-0.25, -0.2) is 9.97 Å². The fraction of sp³-hybridized carbons (Fsp3) is 0.722. The molecule has 5 heterocycles. The molecule has 0 unspecified atom stereocenters. The van der Waals surface area contributed by atoms with Gasteiger partial charge in [0.05, 0.1) is 0 Å². The van der Waals surface area contributed by atoms with Crippen molar-refractivity contribution < 1.29 is 4.79 Å². The third kappa shape index (κ3) is 1.89. The molecule has 6 heteroatoms. The maximum atomic E-state index is 12.4. The number of carbonyl (C=O) groups excluding carboxylic acids is 1. The van der Waals surface area contributed by atoms with E-state index < -0.39 is 0 Å². The average molecular weight is 327 g/mol. The number of carbonyl (C=O) groups is 1. The Bertz CT molecular complexity index is 685. The van der Waals surface area contributed by atoms with Crippen LogP contribution in [0.15, 0.2) is 0 Å². The van der Waals surface area contributed by atoms with Crippen LogP contribution >= 0.6 is 0 Å². The Morgan fingerprint density at radius 2 is 1.83 bits per heavy atom. The Hall–Kier alpha value is -1.69. The van der Waals surface area contributed by atoms with E-state index >= 15 is 0 Å². The summed E-state index contributed by atoms with van der Waals surface area (Å²) in [6, 6.07) is 1.16. The van der Waals surface area contributed by atoms with Crippen molar-refractivity contribution in [2.75, 3.05) is 24.5 Å². The van der Waals surface area contributed by atoms with Crippen LogP contribution in [-0.4, -0.2) is 47.6 Å². The summed E-state index contributed by atoms with van der Waals surface area (Å²) in [5.41, 5.74) is 1.69. The molecule has 4 atom stereocenters. The smallest absolute Gasteiger partial charge is 0.270 e. The predicted molar refractivity (Wildman–Crippen MR) is 91.3 cm³/mol. The summed E-state index contributed by atoms with van der Waals surface area (Å²) in [6.07, 6.45) is 3.36. The first kappa shape index (κ1) is 14.6. The van der Waals surface area contributed by atoms with Crippen LogP contribution in [0.1, 0.15) is 54.5 Å². The Morgan fingerprint density at radius 3 is 2.50 bits per heavy atom. The van der Waals surface area contributed by atoms with E-state index in [1.165, 1.54) is 12.8 Å². The van der Waals surface area contributed by atoms with E-state index in [9.17, 15) is 4.79 Å². The largest absolute Gasteiger partial charge is 0.350 e. The van der Waals surface area contributed by atoms with Crippen LogP contribution < -0.4 is 15.5 Å². The van der Waals surface area contributed by atoms with E-state index in [0.29, 0.717) is 24.3 Å². The molecule has 4 aliphatic rings. The highest BCUT2D eigenvalue weighted by atomic mass is 16.1. The monoisotopic (exact) mass is 327 g/mol. The van der Waals surface area contributed by atoms with Gasteiger partial charge in [-0.3, -0.25) is 4.79 Å². The van der Waals surface area contributed by atoms with Gasteiger partial charge in [-0.15, -0.1) is 0 Å². The van der Waals surface area contributed by atoms with Gasteiger partial charge in [0, 0.05) is 43.2 Å². The minimum Gasteiger partial charge on any atom is -0.350 e. The molecule has 0 aromatic carbocycles. The van der Waals surface area contributed by atoms with Crippen LogP contribution in [0.4, 0.5) is 5.82 Å². The molecule has 3 saturated heterocycles. The number of nitrogens with zero attached hydrogens (tertiary/aromatic N) is 3. The molecule has 2 bridgehead atoms. The lowest BCUT2D eigenvalue weighted by molar-refractivity contribution is 0.0940. The van der Waals surface area contributed by atoms with Crippen molar-refractivity contribution in [3.8, 4) is 0 Å². The third-order valence-electron chi connectivity index (χ3n) is 6.41. The molecule has 0 radical (unpaired) electrons. The summed E-state index contributed by atoms with van der Waals surface area (Å²) >= 11 is 0. The number of amides is 1. The summed E-state index contributed by atoms with van der Waals surface area (Å²) in [5, 5.41) is 6.51. The molecule has 1 amide bonds. The van der Waals surface area contributed by atoms with Crippen LogP contribution in [0.3, 0.4) is 0 Å². The zero-order chi connectivity index (χ0) is 16.4. The van der Waals surface area contributed by atoms with E-state index in [1.54, 1.807) is 0 Å². The van der Waals surface area contributed by atoms with Crippen molar-refractivity contribution >= 4 is 11.7 Å². The third-order valence-corrected chi connectivity index (χ3v) is 6.41. The van der Waals surface area contributed by atoms with Crippen molar-refractivity contribution in [2.45, 2.75) is 51.1 Å². The molecule has 128 valence electrons. The lowest BCUT2D eigenvalue weighted by Crippen LogP contribution is -2.39. The van der Waals surface area contributed by atoms with Gasteiger partial charge >= 0.3 is 0 Å². The number of aromatic nitrogens is 2. The Kier molecular flexibility index (Phi) is 3.14. The highest BCUT2D eigenvalue weighted by molar-refractivity contribution is 5.96. The number of nitrogens with one attached hydrogen (secondary N) is 2. The van der Waals surface area contributed by atoms with Gasteiger partial charge in [0.1, 0.15) is 17.3 Å². The summed E-state index contributed by atoms with van der Waals surface area (Å²) in [5.74, 6) is 3.56. The lowest BCUT2D eigenvalue weighted by Gasteiger charge is -2.30. The van der Waals surface area contributed by atoms with E-state index in [2.05, 4.69) is 34.4 Å². The Balaban J connectivity index is 1.64. The molecule has 0 spiro atoms. The fourth-order valence-electron chi connectivity index (χ4n) is 5.35. The van der Waals surface area contributed by atoms with Gasteiger partial charge < -0.3 is 15.5 Å². The second-order valence-electron chi connectivity index (χ2n) is 8.00. The maximum absolute atomic E-state index is 12.4. The number of hydrogen-bond donors (Lipinski definition) is 2. The molecular weight excluding hydrogens is 302 g/mol. The molecule has 24 heavy (non-hydrogen) atoms. The number of anilines is 1. The molecule has 3 fully saturated rings. The van der Waals surface area contributed by atoms with Gasteiger partial charge in [-0.05, 0) is 31.1 Å². The summed E-state index contributed by atoms with van der Waals surface area (Å²) in [6.45, 7) is 7.16. The van der Waals surface area contributed by atoms with E-state index in [1.807, 2.05) is 0 Å². The molecule has 5 rings (SSSR count). The molecule has 1 aromatic heterocycles. The average Bonchev–Trinajstić information content (AvgIpc) is 3.26. The Labute approximate surface area is 142 Å². The van der Waals surface area contributed by atoms with E-state index in [4.69, 9.17) is 4.98 Å². The molecule has 0 saturated carbocycles. The van der Waals surface area contributed by atoms with Crippen LogP contribution in [0.5, 0.6) is 0 Å². The normalized spacial score (nSPS) is 33.8. The topological polar surface area (TPSA) is 70.2 Å². The van der Waals surface area contributed by atoms with Crippen molar-refractivity contribution in [2.24, 2.45) is 11.8 Å². The summed E-state index contributed by atoms with van der Waals surface area (Å²) in [7, 11) is 0. The fourth-order valence-corrected chi connectivity index (χ4v) is 5.35. The van der Waals surface area contributed by atoms with E-state index in [0.717, 1.165) is 48.6 Å². The highest BCUT2D eigenvalue weighted by Crippen LogP contribution is 2.50. The molecule has 1 aromatic rings. The van der Waals surface area contributed by atoms with Crippen LogP contribution in [0.2, 0.25) is 0 Å². The first-order valence-corrected chi connectivity index (χ1v) is 9.33. The number of fused-ring (bicyclic) bond motifs is 6. The highest BCUT2D eigenvalue weighted by Gasteiger charge is 2.55. The van der Waals surface area contributed by atoms with Gasteiger partial charge in [0.15, 0.2) is 0 Å². The second kappa shape index (κ2) is 5.15. The number of rotatable bonds is 2. The summed E-state index contributed by atoms with van der Waals surface area (Å²) < 4.78 is 0. The molecule has 6 nitrogen and oxygen atoms in total. The first-order chi connectivity index (χ1) is 11.6. The number of hydrogen-bond acceptors (Lipinski definition) is 5. The predicted octanol–water partition coefficient (Wildman–Crippen LogP) is 1.07. The Morgan fingerprint density at radius 1 is 1.12 bits per heavy atom. The molecular formula is C18H25N5O. The van der Waals surface area contributed by atoms with Gasteiger partial charge in [-0.2, -0.15) is 0 Å². The van der Waals surface area contributed by atoms with Crippen molar-refractivity contribution in [1.29, 1.82) is 0 Å². The van der Waals surface area contributed by atoms with Gasteiger partial charge in [0.25, 0.3) is 5.91 Å². The van der Waals surface area contributed by atoms with Gasteiger partial charge in [0.2, 0.25) is 0 Å².